The predicted octanol–water partition coefficient (Wildman–Crippen LogP) is 5.38. The summed E-state index contributed by atoms with van der Waals surface area (Å²) in [5.74, 6) is 0.958. The molecule has 0 heterocycles. The van der Waals surface area contributed by atoms with Gasteiger partial charge in [0.2, 0.25) is 0 Å². The standard InChI is InChI=1S/C22H19ClO4/c1-25-21-10-9-15(11-20(21)16-5-3-7-18(23)12-16)14-27-19-8-4-6-17(13-19)22(24)26-2/h3-13H,14H2,1-2H3. The van der Waals surface area contributed by atoms with Crippen molar-refractivity contribution in [2.45, 2.75) is 6.61 Å². The van der Waals surface area contributed by atoms with Crippen LogP contribution in [0.2, 0.25) is 5.02 Å². The maximum Gasteiger partial charge on any atom is 0.337 e. The van der Waals surface area contributed by atoms with Crippen LogP contribution >= 0.6 is 11.6 Å². The number of methoxy groups -OCH3 is 2. The van der Waals surface area contributed by atoms with E-state index in [-0.39, 0.29) is 0 Å². The number of ether oxygens (including phenoxy) is 3. The average Bonchev–Trinajstić information content (AvgIpc) is 2.71. The van der Waals surface area contributed by atoms with Gasteiger partial charge < -0.3 is 14.2 Å². The molecule has 0 saturated carbocycles. The lowest BCUT2D eigenvalue weighted by molar-refractivity contribution is 0.0600. The van der Waals surface area contributed by atoms with E-state index in [1.165, 1.54) is 7.11 Å². The Bertz CT molecular complexity index is 953. The highest BCUT2D eigenvalue weighted by Crippen LogP contribution is 2.32. The number of carbonyl (C=O) groups is 1. The zero-order valence-corrected chi connectivity index (χ0v) is 15.8. The van der Waals surface area contributed by atoms with E-state index in [9.17, 15) is 4.79 Å². The Balaban J connectivity index is 1.82. The number of hydrogen-bond donors (Lipinski definition) is 0. The van der Waals surface area contributed by atoms with E-state index < -0.39 is 5.97 Å². The molecule has 0 aliphatic heterocycles. The summed E-state index contributed by atoms with van der Waals surface area (Å²) in [4.78, 5) is 11.6. The second-order valence-corrected chi connectivity index (χ2v) is 6.29. The first-order chi connectivity index (χ1) is 13.1. The van der Waals surface area contributed by atoms with Crippen molar-refractivity contribution in [1.29, 1.82) is 0 Å². The molecule has 0 aliphatic rings. The molecule has 0 saturated heterocycles. The van der Waals surface area contributed by atoms with Gasteiger partial charge in [0.15, 0.2) is 0 Å². The largest absolute Gasteiger partial charge is 0.496 e. The molecule has 0 amide bonds. The first-order valence-electron chi connectivity index (χ1n) is 8.34. The van der Waals surface area contributed by atoms with Crippen molar-refractivity contribution >= 4 is 17.6 Å². The molecule has 0 aromatic heterocycles. The summed E-state index contributed by atoms with van der Waals surface area (Å²) in [6.07, 6.45) is 0. The average molecular weight is 383 g/mol. The van der Waals surface area contributed by atoms with Crippen molar-refractivity contribution in [1.82, 2.24) is 0 Å². The molecule has 0 bridgehead atoms. The van der Waals surface area contributed by atoms with Gasteiger partial charge in [-0.1, -0.05) is 35.9 Å². The van der Waals surface area contributed by atoms with Crippen LogP contribution in [0, 0.1) is 0 Å². The molecule has 0 N–H and O–H groups in total. The Hall–Kier alpha value is -2.98. The fourth-order valence-electron chi connectivity index (χ4n) is 2.72. The molecule has 3 aromatic carbocycles. The quantitative estimate of drug-likeness (QED) is 0.537. The summed E-state index contributed by atoms with van der Waals surface area (Å²) < 4.78 is 16.1. The number of rotatable bonds is 6. The van der Waals surface area contributed by atoms with E-state index in [2.05, 4.69) is 0 Å². The Morgan fingerprint density at radius 1 is 0.963 bits per heavy atom. The summed E-state index contributed by atoms with van der Waals surface area (Å²) in [5.41, 5.74) is 3.32. The predicted molar refractivity (Wildman–Crippen MR) is 106 cm³/mol. The number of carbonyl (C=O) groups excluding carboxylic acids is 1. The summed E-state index contributed by atoms with van der Waals surface area (Å²) in [6.45, 7) is 0.349. The number of halogens is 1. The highest BCUT2D eigenvalue weighted by molar-refractivity contribution is 6.30. The van der Waals surface area contributed by atoms with Crippen LogP contribution in [0.15, 0.2) is 66.7 Å². The van der Waals surface area contributed by atoms with E-state index >= 15 is 0 Å². The monoisotopic (exact) mass is 382 g/mol. The Labute approximate surface area is 163 Å². The van der Waals surface area contributed by atoms with Crippen molar-refractivity contribution in [3.8, 4) is 22.6 Å². The van der Waals surface area contributed by atoms with Gasteiger partial charge in [-0.15, -0.1) is 0 Å². The summed E-state index contributed by atoms with van der Waals surface area (Å²) in [6, 6.07) is 20.4. The molecule has 5 heteroatoms. The van der Waals surface area contributed by atoms with Gasteiger partial charge in [-0.25, -0.2) is 4.79 Å². The van der Waals surface area contributed by atoms with E-state index in [1.807, 2.05) is 42.5 Å². The lowest BCUT2D eigenvalue weighted by Crippen LogP contribution is -2.02. The second-order valence-electron chi connectivity index (χ2n) is 5.85. The lowest BCUT2D eigenvalue weighted by Gasteiger charge is -2.12. The summed E-state index contributed by atoms with van der Waals surface area (Å²) in [7, 11) is 2.99. The Morgan fingerprint density at radius 3 is 2.52 bits per heavy atom. The zero-order chi connectivity index (χ0) is 19.2. The first kappa shape index (κ1) is 18.8. The van der Waals surface area contributed by atoms with Crippen molar-refractivity contribution in [3.63, 3.8) is 0 Å². The van der Waals surface area contributed by atoms with Gasteiger partial charge in [-0.2, -0.15) is 0 Å². The van der Waals surface area contributed by atoms with Crippen molar-refractivity contribution in [3.05, 3.63) is 82.9 Å². The van der Waals surface area contributed by atoms with E-state index in [0.717, 1.165) is 22.4 Å². The highest BCUT2D eigenvalue weighted by atomic mass is 35.5. The van der Waals surface area contributed by atoms with E-state index in [1.54, 1.807) is 31.4 Å². The molecule has 0 aliphatic carbocycles. The number of hydrogen-bond acceptors (Lipinski definition) is 4. The Morgan fingerprint density at radius 2 is 1.78 bits per heavy atom. The highest BCUT2D eigenvalue weighted by Gasteiger charge is 2.10. The number of esters is 1. The van der Waals surface area contributed by atoms with Crippen molar-refractivity contribution in [2.24, 2.45) is 0 Å². The second kappa shape index (κ2) is 8.60. The van der Waals surface area contributed by atoms with E-state index in [4.69, 9.17) is 25.8 Å². The van der Waals surface area contributed by atoms with Crippen LogP contribution < -0.4 is 9.47 Å². The zero-order valence-electron chi connectivity index (χ0n) is 15.1. The van der Waals surface area contributed by atoms with Gasteiger partial charge in [-0.05, 0) is 53.6 Å². The van der Waals surface area contributed by atoms with Gasteiger partial charge in [0.1, 0.15) is 18.1 Å². The molecule has 0 fully saturated rings. The summed E-state index contributed by atoms with van der Waals surface area (Å²) >= 11 is 6.12. The van der Waals surface area contributed by atoms with Crippen molar-refractivity contribution < 1.29 is 19.0 Å². The van der Waals surface area contributed by atoms with Crippen LogP contribution in [0.25, 0.3) is 11.1 Å². The molecule has 0 atom stereocenters. The van der Waals surface area contributed by atoms with E-state index in [0.29, 0.717) is 22.9 Å². The number of benzene rings is 3. The van der Waals surface area contributed by atoms with Crippen LogP contribution in [-0.4, -0.2) is 20.2 Å². The van der Waals surface area contributed by atoms with Gasteiger partial charge in [0, 0.05) is 10.6 Å². The fourth-order valence-corrected chi connectivity index (χ4v) is 2.91. The van der Waals surface area contributed by atoms with Gasteiger partial charge in [0.05, 0.1) is 19.8 Å². The van der Waals surface area contributed by atoms with Crippen LogP contribution in [0.1, 0.15) is 15.9 Å². The maximum absolute atomic E-state index is 11.6. The minimum absolute atomic E-state index is 0.349. The molecular weight excluding hydrogens is 364 g/mol. The third-order valence-corrected chi connectivity index (χ3v) is 4.30. The third kappa shape index (κ3) is 4.60. The van der Waals surface area contributed by atoms with Gasteiger partial charge in [0.25, 0.3) is 0 Å². The lowest BCUT2D eigenvalue weighted by atomic mass is 10.0. The first-order valence-corrected chi connectivity index (χ1v) is 8.72. The minimum Gasteiger partial charge on any atom is -0.496 e. The van der Waals surface area contributed by atoms with Crippen LogP contribution in [0.3, 0.4) is 0 Å². The van der Waals surface area contributed by atoms with Crippen LogP contribution in [-0.2, 0) is 11.3 Å². The minimum atomic E-state index is -0.395. The molecular formula is C22H19ClO4. The SMILES string of the molecule is COC(=O)c1cccc(OCc2ccc(OC)c(-c3cccc(Cl)c3)c2)c1. The molecule has 0 unspecified atom stereocenters. The normalized spacial score (nSPS) is 10.3. The Kier molecular flexibility index (Phi) is 5.99. The molecule has 27 heavy (non-hydrogen) atoms. The smallest absolute Gasteiger partial charge is 0.337 e. The van der Waals surface area contributed by atoms with Gasteiger partial charge >= 0.3 is 5.97 Å². The molecule has 138 valence electrons. The summed E-state index contributed by atoms with van der Waals surface area (Å²) in [5, 5.41) is 0.663. The van der Waals surface area contributed by atoms with Crippen LogP contribution in [0.4, 0.5) is 0 Å². The van der Waals surface area contributed by atoms with Gasteiger partial charge in [-0.3, -0.25) is 0 Å². The molecule has 3 aromatic rings. The molecule has 3 rings (SSSR count). The maximum atomic E-state index is 11.6. The molecule has 4 nitrogen and oxygen atoms in total. The van der Waals surface area contributed by atoms with Crippen LogP contribution in [0.5, 0.6) is 11.5 Å². The molecule has 0 spiro atoms. The van der Waals surface area contributed by atoms with Crippen molar-refractivity contribution in [2.75, 3.05) is 14.2 Å². The third-order valence-electron chi connectivity index (χ3n) is 4.06. The molecule has 0 radical (unpaired) electrons. The topological polar surface area (TPSA) is 44.8 Å². The fraction of sp³-hybridized carbons (Fsp3) is 0.136.